The van der Waals surface area contributed by atoms with Gasteiger partial charge in [0, 0.05) is 13.0 Å². The summed E-state index contributed by atoms with van der Waals surface area (Å²) < 4.78 is 22.2. The van der Waals surface area contributed by atoms with Gasteiger partial charge in [0.05, 0.1) is 0 Å². The van der Waals surface area contributed by atoms with Gasteiger partial charge in [0.25, 0.3) is 5.08 Å². The second-order valence-corrected chi connectivity index (χ2v) is 10.9. The monoisotopic (exact) mass is 489 g/mol. The van der Waals surface area contributed by atoms with E-state index in [1.165, 1.54) is 0 Å². The standard InChI is InChI=1S/C9H23NO7P2.C6H14N2O2.Na.H/c1-3-4-5-7-10(2)8-6-9(11,18(12,13)14)19(15,16)17;7-4-2-1-3-5(8)6(9)10;;/h11H,3-8H2,1-2H3,(H2,12,13,14)(H2,15,16,17);5H,1-4,7-8H2,(H,9,10);;/t;5-;;/m.0../s1. The molecule has 178 valence electrons. The molecule has 0 rings (SSSR count). The number of aliphatic carboxylic acids is 1. The summed E-state index contributed by atoms with van der Waals surface area (Å²) in [4.78, 5) is 47.6. The van der Waals surface area contributed by atoms with Crippen molar-refractivity contribution in [2.45, 2.75) is 63.0 Å². The second kappa shape index (κ2) is 17.1. The van der Waals surface area contributed by atoms with E-state index in [2.05, 4.69) is 0 Å². The van der Waals surface area contributed by atoms with Crippen LogP contribution in [0.1, 0.15) is 51.9 Å². The molecule has 10 N–H and O–H groups in total. The van der Waals surface area contributed by atoms with Gasteiger partial charge in [-0.05, 0) is 39.4 Å². The van der Waals surface area contributed by atoms with E-state index in [-0.39, 0.29) is 36.1 Å². The average Bonchev–Trinajstić information content (AvgIpc) is 2.58. The van der Waals surface area contributed by atoms with Crippen LogP contribution < -0.4 is 11.5 Å². The molecule has 0 aromatic rings. The number of nitrogens with two attached hydrogens (primary N) is 2. The molecule has 0 aliphatic carbocycles. The van der Waals surface area contributed by atoms with Crippen molar-refractivity contribution in [2.24, 2.45) is 11.5 Å². The molecule has 0 bridgehead atoms. The minimum absolute atomic E-state index is 0. The van der Waals surface area contributed by atoms with Crippen molar-refractivity contribution in [1.82, 2.24) is 4.90 Å². The fourth-order valence-electron chi connectivity index (χ4n) is 2.18. The summed E-state index contributed by atoms with van der Waals surface area (Å²) in [5, 5.41) is 14.7. The summed E-state index contributed by atoms with van der Waals surface area (Å²) in [7, 11) is -9.00. The van der Waals surface area contributed by atoms with Gasteiger partial charge in [0.2, 0.25) is 0 Å². The molecule has 0 fully saturated rings. The number of carbonyl (C=O) groups is 1. The summed E-state index contributed by atoms with van der Waals surface area (Å²) in [6.45, 7) is 3.25. The van der Waals surface area contributed by atoms with E-state index < -0.39 is 38.7 Å². The number of carboxylic acids is 1. The number of nitrogens with zero attached hydrogens (tertiary/aromatic N) is 1. The van der Waals surface area contributed by atoms with E-state index in [0.717, 1.165) is 32.1 Å². The third-order valence-electron chi connectivity index (χ3n) is 4.19. The number of carboxylic acid groups (broad SMARTS) is 1. The Labute approximate surface area is 200 Å². The molecule has 0 aliphatic rings. The van der Waals surface area contributed by atoms with E-state index in [9.17, 15) is 19.0 Å². The zero-order chi connectivity index (χ0) is 23.3. The van der Waals surface area contributed by atoms with Crippen LogP contribution in [0.5, 0.6) is 0 Å². The number of unbranched alkanes of at least 4 members (excludes halogenated alkanes) is 3. The Hall–Kier alpha value is 0.610. The first kappa shape index (κ1) is 35.2. The van der Waals surface area contributed by atoms with E-state index in [4.69, 9.17) is 36.1 Å². The van der Waals surface area contributed by atoms with Gasteiger partial charge in [-0.1, -0.05) is 26.2 Å². The third-order valence-corrected chi connectivity index (χ3v) is 8.07. The summed E-state index contributed by atoms with van der Waals surface area (Å²) in [5.41, 5.74) is 10.4. The predicted octanol–water partition coefficient (Wildman–Crippen LogP) is -0.621. The molecular weight excluding hydrogens is 451 g/mol. The van der Waals surface area contributed by atoms with Gasteiger partial charge in [-0.15, -0.1) is 0 Å². The Morgan fingerprint density at radius 2 is 1.53 bits per heavy atom. The van der Waals surface area contributed by atoms with Crippen molar-refractivity contribution >= 4 is 50.7 Å². The number of aliphatic hydroxyl groups is 1. The molecule has 0 unspecified atom stereocenters. The van der Waals surface area contributed by atoms with E-state index in [1.54, 1.807) is 11.9 Å². The van der Waals surface area contributed by atoms with Crippen LogP contribution in [-0.2, 0) is 13.9 Å². The Balaban J connectivity index is -0.000000563. The number of rotatable bonds is 14. The molecule has 1 atom stereocenters. The van der Waals surface area contributed by atoms with Crippen LogP contribution in [-0.4, -0.2) is 108 Å². The van der Waals surface area contributed by atoms with Crippen molar-refractivity contribution in [2.75, 3.05) is 26.7 Å². The molecule has 30 heavy (non-hydrogen) atoms. The Morgan fingerprint density at radius 1 is 1.03 bits per heavy atom. The first-order valence-electron chi connectivity index (χ1n) is 9.34. The Bertz CT molecular complexity index is 537. The molecule has 12 nitrogen and oxygen atoms in total. The summed E-state index contributed by atoms with van der Waals surface area (Å²) in [5.74, 6) is -0.933. The fraction of sp³-hybridized carbons (Fsp3) is 0.933. The maximum absolute atomic E-state index is 11.1. The van der Waals surface area contributed by atoms with Crippen LogP contribution >= 0.6 is 15.2 Å². The molecule has 15 heteroatoms. The van der Waals surface area contributed by atoms with Gasteiger partial charge in [0.15, 0.2) is 0 Å². The van der Waals surface area contributed by atoms with Crippen molar-refractivity contribution in [3.63, 3.8) is 0 Å². The number of hydrogen-bond acceptors (Lipinski definition) is 7. The van der Waals surface area contributed by atoms with Gasteiger partial charge >= 0.3 is 50.7 Å². The predicted molar refractivity (Wildman–Crippen MR) is 116 cm³/mol. The molecule has 0 saturated heterocycles. The van der Waals surface area contributed by atoms with Crippen molar-refractivity contribution in [3.8, 4) is 0 Å². The van der Waals surface area contributed by atoms with Crippen molar-refractivity contribution < 1.29 is 43.7 Å². The molecular formula is C15H38N3NaO9P2. The van der Waals surface area contributed by atoms with Crippen LogP contribution in [0.15, 0.2) is 0 Å². The number of hydrogen-bond donors (Lipinski definition) is 8. The molecule has 0 amide bonds. The van der Waals surface area contributed by atoms with Gasteiger partial charge in [0.1, 0.15) is 6.04 Å². The molecule has 0 aromatic heterocycles. The SMILES string of the molecule is CCCCCN(C)CCC(O)(P(=O)(O)O)P(=O)(O)O.NCCCC[C@H](N)C(=O)O.[NaH]. The van der Waals surface area contributed by atoms with Gasteiger partial charge in [-0.2, -0.15) is 0 Å². The van der Waals surface area contributed by atoms with Crippen LogP contribution in [0.25, 0.3) is 0 Å². The molecule has 0 saturated carbocycles. The first-order valence-corrected chi connectivity index (χ1v) is 12.6. The zero-order valence-corrected chi connectivity index (χ0v) is 18.8. The van der Waals surface area contributed by atoms with Gasteiger partial charge < -0.3 is 46.2 Å². The van der Waals surface area contributed by atoms with E-state index in [0.29, 0.717) is 19.5 Å². The van der Waals surface area contributed by atoms with Crippen LogP contribution in [0.4, 0.5) is 0 Å². The molecule has 0 radical (unpaired) electrons. The third kappa shape index (κ3) is 14.6. The average molecular weight is 489 g/mol. The second-order valence-electron chi connectivity index (χ2n) is 6.85. The summed E-state index contributed by atoms with van der Waals surface area (Å²) in [6.07, 6.45) is 4.35. The quantitative estimate of drug-likeness (QED) is 0.0867. The summed E-state index contributed by atoms with van der Waals surface area (Å²) >= 11 is 0. The summed E-state index contributed by atoms with van der Waals surface area (Å²) in [6, 6.07) is -0.716. The Kier molecular flexibility index (Phi) is 20.1. The topological polar surface area (TPSA) is 228 Å². The van der Waals surface area contributed by atoms with Crippen molar-refractivity contribution in [1.29, 1.82) is 0 Å². The van der Waals surface area contributed by atoms with Crippen LogP contribution in [0.3, 0.4) is 0 Å². The fourth-order valence-corrected chi connectivity index (χ4v) is 4.32. The Morgan fingerprint density at radius 3 is 1.90 bits per heavy atom. The van der Waals surface area contributed by atoms with E-state index >= 15 is 0 Å². The molecule has 0 aliphatic heterocycles. The van der Waals surface area contributed by atoms with Gasteiger partial charge in [-0.3, -0.25) is 13.9 Å². The van der Waals surface area contributed by atoms with Crippen molar-refractivity contribution in [3.05, 3.63) is 0 Å². The van der Waals surface area contributed by atoms with Gasteiger partial charge in [-0.25, -0.2) is 0 Å². The zero-order valence-electron chi connectivity index (χ0n) is 17.1. The maximum atomic E-state index is 11.1. The van der Waals surface area contributed by atoms with E-state index in [1.807, 2.05) is 6.92 Å². The van der Waals surface area contributed by atoms with Crippen LogP contribution in [0, 0.1) is 0 Å². The molecule has 0 aromatic carbocycles. The molecule has 0 spiro atoms. The normalized spacial score (nSPS) is 13.3. The van der Waals surface area contributed by atoms with Crippen LogP contribution in [0.2, 0.25) is 0 Å². The first-order chi connectivity index (χ1) is 13.1. The minimum atomic E-state index is -5.33. The molecule has 0 heterocycles.